The van der Waals surface area contributed by atoms with Gasteiger partial charge in [0.25, 0.3) is 0 Å². The summed E-state index contributed by atoms with van der Waals surface area (Å²) in [5.41, 5.74) is 0.894. The highest BCUT2D eigenvalue weighted by Crippen LogP contribution is 2.26. The number of halogens is 1. The van der Waals surface area contributed by atoms with Gasteiger partial charge in [0.2, 0.25) is 0 Å². The van der Waals surface area contributed by atoms with Gasteiger partial charge < -0.3 is 10.1 Å². The first-order valence-corrected chi connectivity index (χ1v) is 5.86. The average molecular weight is 242 g/mol. The summed E-state index contributed by atoms with van der Waals surface area (Å²) in [7, 11) is 1.75. The molecule has 1 heterocycles. The lowest BCUT2D eigenvalue weighted by atomic mass is 10.2. The van der Waals surface area contributed by atoms with Crippen LogP contribution < -0.4 is 5.32 Å². The number of nitrogens with one attached hydrogen (secondary N) is 1. The van der Waals surface area contributed by atoms with Crippen LogP contribution in [0.15, 0.2) is 6.33 Å². The molecule has 1 fully saturated rings. The van der Waals surface area contributed by atoms with Gasteiger partial charge in [0.1, 0.15) is 17.3 Å². The maximum absolute atomic E-state index is 5.95. The average Bonchev–Trinajstić information content (AvgIpc) is 2.72. The molecule has 2 unspecified atom stereocenters. The summed E-state index contributed by atoms with van der Waals surface area (Å²) in [6.45, 7) is 1.92. The van der Waals surface area contributed by atoms with Gasteiger partial charge in [-0.15, -0.1) is 0 Å². The normalized spacial score (nSPS) is 24.7. The van der Waals surface area contributed by atoms with Crippen molar-refractivity contribution in [3.63, 3.8) is 0 Å². The predicted octanol–water partition coefficient (Wildman–Crippen LogP) is 2.42. The lowest BCUT2D eigenvalue weighted by molar-refractivity contribution is 0.101. The second-order valence-electron chi connectivity index (χ2n) is 4.09. The fraction of sp³-hybridized carbons (Fsp3) is 0.636. The minimum Gasteiger partial charge on any atom is -0.379 e. The first-order chi connectivity index (χ1) is 7.72. The van der Waals surface area contributed by atoms with E-state index in [0.717, 1.165) is 24.2 Å². The zero-order valence-corrected chi connectivity index (χ0v) is 10.3. The third-order valence-corrected chi connectivity index (χ3v) is 3.48. The largest absolute Gasteiger partial charge is 0.379 e. The third-order valence-electron chi connectivity index (χ3n) is 3.10. The monoisotopic (exact) mass is 241 g/mol. The Labute approximate surface area is 100 Å². The molecule has 0 spiro atoms. The number of anilines is 1. The summed E-state index contributed by atoms with van der Waals surface area (Å²) in [4.78, 5) is 8.15. The van der Waals surface area contributed by atoms with Gasteiger partial charge in [0.15, 0.2) is 0 Å². The van der Waals surface area contributed by atoms with Crippen LogP contribution in [0.1, 0.15) is 24.8 Å². The molecule has 1 N–H and O–H groups in total. The Kier molecular flexibility index (Phi) is 3.61. The summed E-state index contributed by atoms with van der Waals surface area (Å²) in [5, 5.41) is 3.89. The Morgan fingerprint density at radius 3 is 3.00 bits per heavy atom. The van der Waals surface area contributed by atoms with Crippen molar-refractivity contribution >= 4 is 17.4 Å². The number of aromatic nitrogens is 2. The number of hydrogen-bond donors (Lipinski definition) is 1. The number of rotatable bonds is 3. The van der Waals surface area contributed by atoms with Crippen molar-refractivity contribution in [2.75, 3.05) is 12.4 Å². The van der Waals surface area contributed by atoms with Crippen molar-refractivity contribution < 1.29 is 4.74 Å². The Morgan fingerprint density at radius 1 is 1.44 bits per heavy atom. The number of hydrogen-bond acceptors (Lipinski definition) is 4. The minimum atomic E-state index is 0.271. The van der Waals surface area contributed by atoms with Gasteiger partial charge in [-0.3, -0.25) is 0 Å². The number of methoxy groups -OCH3 is 1. The van der Waals surface area contributed by atoms with Crippen LogP contribution in [0.3, 0.4) is 0 Å². The SMILES string of the molecule is COC1CCCC1Nc1ncnc(Cl)c1C. The smallest absolute Gasteiger partial charge is 0.137 e. The first-order valence-electron chi connectivity index (χ1n) is 5.49. The van der Waals surface area contributed by atoms with E-state index in [1.807, 2.05) is 6.92 Å². The summed E-state index contributed by atoms with van der Waals surface area (Å²) in [5.74, 6) is 0.814. The molecule has 0 amide bonds. The maximum atomic E-state index is 5.95. The fourth-order valence-electron chi connectivity index (χ4n) is 2.12. The third kappa shape index (κ3) is 2.28. The number of nitrogens with zero attached hydrogens (tertiary/aromatic N) is 2. The van der Waals surface area contributed by atoms with Gasteiger partial charge in [0, 0.05) is 12.7 Å². The number of ether oxygens (including phenoxy) is 1. The minimum absolute atomic E-state index is 0.271. The van der Waals surface area contributed by atoms with Crippen molar-refractivity contribution in [1.29, 1.82) is 0 Å². The van der Waals surface area contributed by atoms with Gasteiger partial charge in [-0.2, -0.15) is 0 Å². The summed E-state index contributed by atoms with van der Waals surface area (Å²) >= 11 is 5.95. The molecule has 0 saturated heterocycles. The molecule has 16 heavy (non-hydrogen) atoms. The molecule has 1 aromatic rings. The van der Waals surface area contributed by atoms with Gasteiger partial charge in [0.05, 0.1) is 12.1 Å². The molecule has 1 saturated carbocycles. The molecule has 0 bridgehead atoms. The van der Waals surface area contributed by atoms with Crippen LogP contribution in [0, 0.1) is 6.92 Å². The maximum Gasteiger partial charge on any atom is 0.137 e. The van der Waals surface area contributed by atoms with Crippen LogP contribution in [-0.4, -0.2) is 29.2 Å². The topological polar surface area (TPSA) is 47.0 Å². The summed E-state index contributed by atoms with van der Waals surface area (Å²) in [6.07, 6.45) is 5.15. The van der Waals surface area contributed by atoms with Crippen molar-refractivity contribution in [3.05, 3.63) is 17.0 Å². The molecule has 1 aliphatic carbocycles. The predicted molar refractivity (Wildman–Crippen MR) is 63.8 cm³/mol. The zero-order valence-electron chi connectivity index (χ0n) is 9.53. The molecular weight excluding hydrogens is 226 g/mol. The standard InChI is InChI=1S/C11H16ClN3O/c1-7-10(12)13-6-14-11(7)15-8-4-3-5-9(8)16-2/h6,8-9H,3-5H2,1-2H3,(H,13,14,15). The molecule has 1 aromatic heterocycles. The highest BCUT2D eigenvalue weighted by Gasteiger charge is 2.27. The molecule has 1 aliphatic rings. The summed E-state index contributed by atoms with van der Waals surface area (Å²) < 4.78 is 5.43. The van der Waals surface area contributed by atoms with E-state index in [0.29, 0.717) is 11.2 Å². The summed E-state index contributed by atoms with van der Waals surface area (Å²) in [6, 6.07) is 0.328. The Hall–Kier alpha value is -0.870. The molecule has 0 aromatic carbocycles. The Balaban J connectivity index is 2.11. The van der Waals surface area contributed by atoms with E-state index in [1.165, 1.54) is 12.7 Å². The van der Waals surface area contributed by atoms with E-state index in [2.05, 4.69) is 15.3 Å². The molecule has 0 aliphatic heterocycles. The lowest BCUT2D eigenvalue weighted by Gasteiger charge is -2.21. The van der Waals surface area contributed by atoms with E-state index < -0.39 is 0 Å². The van der Waals surface area contributed by atoms with Crippen LogP contribution in [0.25, 0.3) is 0 Å². The van der Waals surface area contributed by atoms with Gasteiger partial charge in [-0.1, -0.05) is 11.6 Å². The zero-order chi connectivity index (χ0) is 11.5. The van der Waals surface area contributed by atoms with Gasteiger partial charge in [-0.25, -0.2) is 9.97 Å². The van der Waals surface area contributed by atoms with Gasteiger partial charge in [-0.05, 0) is 26.2 Å². The van der Waals surface area contributed by atoms with Crippen molar-refractivity contribution in [2.45, 2.75) is 38.3 Å². The van der Waals surface area contributed by atoms with Crippen molar-refractivity contribution in [1.82, 2.24) is 9.97 Å². The van der Waals surface area contributed by atoms with E-state index in [9.17, 15) is 0 Å². The highest BCUT2D eigenvalue weighted by atomic mass is 35.5. The van der Waals surface area contributed by atoms with E-state index in [4.69, 9.17) is 16.3 Å². The molecule has 2 atom stereocenters. The Morgan fingerprint density at radius 2 is 2.25 bits per heavy atom. The van der Waals surface area contributed by atoms with Crippen LogP contribution in [0.4, 0.5) is 5.82 Å². The van der Waals surface area contributed by atoms with Crippen molar-refractivity contribution in [3.8, 4) is 0 Å². The molecular formula is C11H16ClN3O. The van der Waals surface area contributed by atoms with E-state index in [-0.39, 0.29) is 6.10 Å². The lowest BCUT2D eigenvalue weighted by Crippen LogP contribution is -2.30. The molecule has 88 valence electrons. The second kappa shape index (κ2) is 4.97. The fourth-order valence-corrected chi connectivity index (χ4v) is 2.26. The van der Waals surface area contributed by atoms with Crippen LogP contribution in [-0.2, 0) is 4.74 Å². The Bertz CT molecular complexity index is 372. The quantitative estimate of drug-likeness (QED) is 0.826. The molecule has 5 heteroatoms. The van der Waals surface area contributed by atoms with E-state index in [1.54, 1.807) is 7.11 Å². The second-order valence-corrected chi connectivity index (χ2v) is 4.45. The van der Waals surface area contributed by atoms with Crippen LogP contribution in [0.2, 0.25) is 5.15 Å². The molecule has 0 radical (unpaired) electrons. The molecule has 4 nitrogen and oxygen atoms in total. The van der Waals surface area contributed by atoms with Crippen molar-refractivity contribution in [2.24, 2.45) is 0 Å². The van der Waals surface area contributed by atoms with Crippen LogP contribution in [0.5, 0.6) is 0 Å². The molecule has 2 rings (SSSR count). The van der Waals surface area contributed by atoms with Gasteiger partial charge >= 0.3 is 0 Å². The first kappa shape index (κ1) is 11.6. The van der Waals surface area contributed by atoms with Crippen LogP contribution >= 0.6 is 11.6 Å². The van der Waals surface area contributed by atoms with E-state index >= 15 is 0 Å². The highest BCUT2D eigenvalue weighted by molar-refractivity contribution is 6.30.